The molecule has 0 aromatic carbocycles. The summed E-state index contributed by atoms with van der Waals surface area (Å²) >= 11 is 1.22. The molecule has 0 bridgehead atoms. The zero-order chi connectivity index (χ0) is 4.83. The molecule has 6 heavy (non-hydrogen) atoms. The molecule has 0 amide bonds. The summed E-state index contributed by atoms with van der Waals surface area (Å²) in [5.74, 6) is 0. The Kier molecular flexibility index (Phi) is 6.45. The van der Waals surface area contributed by atoms with Crippen LogP contribution in [0.25, 0.3) is 0 Å². The Balaban J connectivity index is 2.66. The number of hydrogen-bond donors (Lipinski definition) is 0. The molecule has 0 unspecified atom stereocenters. The van der Waals surface area contributed by atoms with Crippen LogP contribution in [0.1, 0.15) is 19.8 Å². The fourth-order valence-corrected chi connectivity index (χ4v) is 0.667. The van der Waals surface area contributed by atoms with Crippen LogP contribution in [-0.2, 0) is 0 Å². The fraction of sp³-hybridized carbons (Fsp3) is 0.600. The Morgan fingerprint density at radius 1 is 1.67 bits per heavy atom. The molecule has 0 nitrogen and oxygen atoms in total. The summed E-state index contributed by atoms with van der Waals surface area (Å²) in [6.07, 6.45) is 4.80. The van der Waals surface area contributed by atoms with Gasteiger partial charge in [-0.1, -0.05) is 0 Å². The molecular formula is C5H9Na. The van der Waals surface area contributed by atoms with Gasteiger partial charge in [-0.2, -0.15) is 0 Å². The Labute approximate surface area is 57.0 Å². The van der Waals surface area contributed by atoms with E-state index in [-0.39, 0.29) is 0 Å². The Hall–Kier alpha value is 0.740. The van der Waals surface area contributed by atoms with E-state index < -0.39 is 0 Å². The van der Waals surface area contributed by atoms with Crippen LogP contribution in [0, 0.1) is 0 Å². The van der Waals surface area contributed by atoms with Gasteiger partial charge < -0.3 is 0 Å². The molecular weight excluding hydrogens is 83.0 g/mol. The van der Waals surface area contributed by atoms with Crippen molar-refractivity contribution >= 4 is 27.9 Å². The molecule has 0 aliphatic carbocycles. The average Bonchev–Trinajstić information content (AvgIpc) is 1.61. The van der Waals surface area contributed by atoms with Crippen LogP contribution in [-0.4, -0.2) is 27.9 Å². The molecule has 0 rings (SSSR count). The molecule has 30 valence electrons. The van der Waals surface area contributed by atoms with Crippen LogP contribution in [0.4, 0.5) is 0 Å². The zero-order valence-corrected chi connectivity index (χ0v) is 6.57. The van der Waals surface area contributed by atoms with Crippen molar-refractivity contribution in [3.8, 4) is 0 Å². The van der Waals surface area contributed by atoms with E-state index in [1.807, 2.05) is 0 Å². The predicted octanol–water partition coefficient (Wildman–Crippen LogP) is 1.47. The van der Waals surface area contributed by atoms with Crippen LogP contribution >= 0.6 is 0 Å². The molecule has 0 saturated carbocycles. The monoisotopic (exact) mass is 92.1 g/mol. The first kappa shape index (κ1) is 6.74. The first-order chi connectivity index (χ1) is 2.91. The van der Waals surface area contributed by atoms with Gasteiger partial charge in [-0.05, 0) is 0 Å². The van der Waals surface area contributed by atoms with E-state index in [0.29, 0.717) is 0 Å². The van der Waals surface area contributed by atoms with Gasteiger partial charge in [0.25, 0.3) is 0 Å². The van der Waals surface area contributed by atoms with E-state index in [1.165, 1.54) is 40.8 Å². The first-order valence-electron chi connectivity index (χ1n) is 2.53. The number of hydrogen-bond acceptors (Lipinski definition) is 0. The third kappa shape index (κ3) is 4.74. The van der Waals surface area contributed by atoms with E-state index >= 15 is 0 Å². The second-order valence-electron chi connectivity index (χ2n) is 1.36. The zero-order valence-electron chi connectivity index (χ0n) is 4.57. The van der Waals surface area contributed by atoms with Gasteiger partial charge in [0.05, 0.1) is 0 Å². The molecule has 0 atom stereocenters. The van der Waals surface area contributed by atoms with Crippen molar-refractivity contribution in [3.63, 3.8) is 0 Å². The summed E-state index contributed by atoms with van der Waals surface area (Å²) in [4.78, 5) is 0. The van der Waals surface area contributed by atoms with Crippen molar-refractivity contribution in [3.05, 3.63) is 9.40 Å². The van der Waals surface area contributed by atoms with Crippen molar-refractivity contribution in [1.82, 2.24) is 0 Å². The molecule has 0 aromatic heterocycles. The minimum absolute atomic E-state index is 1.22. The second kappa shape index (κ2) is 5.74. The molecule has 0 radical (unpaired) electrons. The first-order valence-corrected chi connectivity index (χ1v) is 3.68. The molecule has 0 saturated heterocycles. The third-order valence-electron chi connectivity index (χ3n) is 0.691. The van der Waals surface area contributed by atoms with Crippen LogP contribution in [0.3, 0.4) is 0 Å². The van der Waals surface area contributed by atoms with Gasteiger partial charge in [-0.3, -0.25) is 0 Å². The van der Waals surface area contributed by atoms with Crippen LogP contribution in [0.5, 0.6) is 0 Å². The quantitative estimate of drug-likeness (QED) is 0.452. The van der Waals surface area contributed by atoms with E-state index in [2.05, 4.69) is 16.3 Å². The van der Waals surface area contributed by atoms with E-state index in [1.54, 1.807) is 0 Å². The molecule has 0 spiro atoms. The van der Waals surface area contributed by atoms with Gasteiger partial charge in [0, 0.05) is 0 Å². The van der Waals surface area contributed by atoms with Gasteiger partial charge in [-0.25, -0.2) is 0 Å². The van der Waals surface area contributed by atoms with Crippen molar-refractivity contribution in [2.24, 2.45) is 0 Å². The van der Waals surface area contributed by atoms with Crippen LogP contribution < -0.4 is 0 Å². The fourth-order valence-electron chi connectivity index (χ4n) is 0.333. The topological polar surface area (TPSA) is 0 Å². The maximum atomic E-state index is 2.24. The standard InChI is InChI=1S/C5H9.Na/c1-3-5-4-2;/h1,3H,4-5H2,2H3;. The molecule has 0 heterocycles. The molecule has 0 aliphatic rings. The van der Waals surface area contributed by atoms with Crippen molar-refractivity contribution in [2.75, 3.05) is 0 Å². The second-order valence-corrected chi connectivity index (χ2v) is 2.02. The van der Waals surface area contributed by atoms with Gasteiger partial charge in [0.15, 0.2) is 0 Å². The van der Waals surface area contributed by atoms with E-state index in [4.69, 9.17) is 0 Å². The third-order valence-corrected chi connectivity index (χ3v) is 1.16. The molecule has 1 heteroatoms. The summed E-state index contributed by atoms with van der Waals surface area (Å²) in [5, 5.41) is 0. The van der Waals surface area contributed by atoms with E-state index in [0.717, 1.165) is 0 Å². The average molecular weight is 92.1 g/mol. The number of unbranched alkanes of at least 4 members (excludes halogenated alkanes) is 1. The van der Waals surface area contributed by atoms with Gasteiger partial charge in [-0.15, -0.1) is 0 Å². The van der Waals surface area contributed by atoms with Crippen molar-refractivity contribution < 1.29 is 0 Å². The number of allylic oxidation sites excluding steroid dienone is 1. The summed E-state index contributed by atoms with van der Waals surface area (Å²) in [6, 6.07) is 0. The molecule has 0 fully saturated rings. The Morgan fingerprint density at radius 3 is 2.50 bits per heavy atom. The maximum absolute atomic E-state index is 2.24. The van der Waals surface area contributed by atoms with Crippen molar-refractivity contribution in [2.45, 2.75) is 19.8 Å². The van der Waals surface area contributed by atoms with Gasteiger partial charge in [0.1, 0.15) is 0 Å². The predicted molar refractivity (Wildman–Crippen MR) is 29.8 cm³/mol. The summed E-state index contributed by atoms with van der Waals surface area (Å²) in [7, 11) is 0. The summed E-state index contributed by atoms with van der Waals surface area (Å²) in [6.45, 7) is 2.20. The van der Waals surface area contributed by atoms with Crippen molar-refractivity contribution in [1.29, 1.82) is 0 Å². The molecule has 0 aromatic rings. The Morgan fingerprint density at radius 2 is 2.33 bits per heavy atom. The van der Waals surface area contributed by atoms with E-state index in [9.17, 15) is 0 Å². The minimum atomic E-state index is 1.22. The van der Waals surface area contributed by atoms with Gasteiger partial charge >= 0.3 is 57.1 Å². The SMILES string of the molecule is CCC/C=[CH]/[Na]. The number of rotatable bonds is 2. The molecule has 0 aliphatic heterocycles. The normalized spacial score (nSPS) is 10.5. The molecule has 0 N–H and O–H groups in total. The van der Waals surface area contributed by atoms with Crippen LogP contribution in [0.2, 0.25) is 0 Å². The summed E-state index contributed by atoms with van der Waals surface area (Å²) < 4.78 is 2.23. The Bertz CT molecular complexity index is 39.2. The van der Waals surface area contributed by atoms with Crippen LogP contribution in [0.15, 0.2) is 9.40 Å². The summed E-state index contributed by atoms with van der Waals surface area (Å²) in [5.41, 5.74) is 0. The van der Waals surface area contributed by atoms with Gasteiger partial charge in [0.2, 0.25) is 0 Å².